The number of para-hydroxylation sites is 1. The van der Waals surface area contributed by atoms with Crippen molar-refractivity contribution in [2.75, 3.05) is 23.9 Å². The highest BCUT2D eigenvalue weighted by Crippen LogP contribution is 2.29. The summed E-state index contributed by atoms with van der Waals surface area (Å²) in [6, 6.07) is 17.0. The first-order chi connectivity index (χ1) is 14.8. The summed E-state index contributed by atoms with van der Waals surface area (Å²) >= 11 is 1.06. The number of amides is 2. The summed E-state index contributed by atoms with van der Waals surface area (Å²) in [5, 5.41) is 7.65. The molecule has 0 spiro atoms. The van der Waals surface area contributed by atoms with E-state index in [1.165, 1.54) is 4.90 Å². The smallest absolute Gasteiger partial charge is 0.247 e. The van der Waals surface area contributed by atoms with E-state index < -0.39 is 5.25 Å². The Morgan fingerprint density at radius 1 is 1.10 bits per heavy atom. The third-order valence-electron chi connectivity index (χ3n) is 4.62. The molecular formula is C23H25N5O2S. The monoisotopic (exact) mass is 435 g/mol. The Morgan fingerprint density at radius 2 is 1.77 bits per heavy atom. The summed E-state index contributed by atoms with van der Waals surface area (Å²) in [5.74, 6) is -0.537. The van der Waals surface area contributed by atoms with Crippen molar-refractivity contribution in [2.24, 2.45) is 15.9 Å². The fourth-order valence-corrected chi connectivity index (χ4v) is 3.79. The van der Waals surface area contributed by atoms with E-state index >= 15 is 0 Å². The van der Waals surface area contributed by atoms with E-state index in [0.29, 0.717) is 11.4 Å². The predicted molar refractivity (Wildman–Crippen MR) is 129 cm³/mol. The minimum absolute atomic E-state index is 0.0835. The lowest BCUT2D eigenvalue weighted by Gasteiger charge is -2.14. The van der Waals surface area contributed by atoms with Crippen molar-refractivity contribution >= 4 is 51.9 Å². The molecule has 1 aliphatic heterocycles. The van der Waals surface area contributed by atoms with Crippen LogP contribution in [0.25, 0.3) is 6.08 Å². The molecule has 1 unspecified atom stereocenters. The van der Waals surface area contributed by atoms with Gasteiger partial charge >= 0.3 is 0 Å². The van der Waals surface area contributed by atoms with Crippen LogP contribution in [0, 0.1) is 0 Å². The lowest BCUT2D eigenvalue weighted by Crippen LogP contribution is -2.31. The van der Waals surface area contributed by atoms with Gasteiger partial charge in [0.2, 0.25) is 11.8 Å². The number of hydrogen-bond acceptors (Lipinski definition) is 6. The van der Waals surface area contributed by atoms with Crippen LogP contribution >= 0.6 is 11.8 Å². The van der Waals surface area contributed by atoms with Gasteiger partial charge in [0.15, 0.2) is 5.17 Å². The van der Waals surface area contributed by atoms with Crippen LogP contribution in [-0.4, -0.2) is 42.0 Å². The minimum atomic E-state index is -0.599. The molecular weight excluding hydrogens is 410 g/mol. The van der Waals surface area contributed by atoms with Crippen LogP contribution in [0.1, 0.15) is 18.9 Å². The van der Waals surface area contributed by atoms with Crippen molar-refractivity contribution in [2.45, 2.75) is 18.6 Å². The number of nitrogens with zero attached hydrogens (tertiary/aromatic N) is 4. The van der Waals surface area contributed by atoms with Crippen LogP contribution in [0.15, 0.2) is 70.9 Å². The molecule has 8 heteroatoms. The molecule has 1 heterocycles. The molecule has 31 heavy (non-hydrogen) atoms. The van der Waals surface area contributed by atoms with Crippen molar-refractivity contribution in [3.63, 3.8) is 0 Å². The fourth-order valence-electron chi connectivity index (χ4n) is 2.98. The van der Waals surface area contributed by atoms with Gasteiger partial charge in [-0.15, -0.1) is 5.10 Å². The zero-order valence-electron chi connectivity index (χ0n) is 17.7. The molecule has 2 N–H and O–H groups in total. The summed E-state index contributed by atoms with van der Waals surface area (Å²) in [6.07, 6.45) is 3.86. The molecule has 0 aliphatic carbocycles. The number of nitrogens with two attached hydrogens (primary N) is 1. The number of carbonyl (C=O) groups is 2. The van der Waals surface area contributed by atoms with E-state index in [1.54, 1.807) is 24.3 Å². The topological polar surface area (TPSA) is 91.4 Å². The second-order valence-corrected chi connectivity index (χ2v) is 8.44. The Labute approximate surface area is 186 Å². The first-order valence-corrected chi connectivity index (χ1v) is 10.6. The Kier molecular flexibility index (Phi) is 7.25. The predicted octanol–water partition coefficient (Wildman–Crippen LogP) is 3.52. The van der Waals surface area contributed by atoms with Gasteiger partial charge in [0.05, 0.1) is 11.4 Å². The first kappa shape index (κ1) is 22.3. The van der Waals surface area contributed by atoms with Gasteiger partial charge in [0.1, 0.15) is 5.25 Å². The second kappa shape index (κ2) is 10.1. The summed E-state index contributed by atoms with van der Waals surface area (Å²) < 4.78 is 0. The lowest BCUT2D eigenvalue weighted by molar-refractivity contribution is -0.121. The van der Waals surface area contributed by atoms with Crippen LogP contribution in [0.3, 0.4) is 0 Å². The third-order valence-corrected chi connectivity index (χ3v) is 5.59. The fraction of sp³-hybridized carbons (Fsp3) is 0.217. The maximum atomic E-state index is 12.6. The van der Waals surface area contributed by atoms with Gasteiger partial charge in [-0.1, -0.05) is 48.2 Å². The van der Waals surface area contributed by atoms with E-state index in [-0.39, 0.29) is 23.4 Å². The molecule has 1 aliphatic rings. The van der Waals surface area contributed by atoms with Gasteiger partial charge < -0.3 is 10.6 Å². The molecule has 3 rings (SSSR count). The van der Waals surface area contributed by atoms with Gasteiger partial charge in [-0.2, -0.15) is 5.10 Å². The Balaban J connectivity index is 1.60. The number of rotatable bonds is 6. The van der Waals surface area contributed by atoms with E-state index in [2.05, 4.69) is 10.2 Å². The van der Waals surface area contributed by atoms with Crippen LogP contribution in [0.2, 0.25) is 0 Å². The molecule has 160 valence electrons. The number of carbonyl (C=O) groups excluding carboxylic acids is 2. The number of thioether (sulfide) groups is 1. The van der Waals surface area contributed by atoms with Crippen LogP contribution in [-0.2, 0) is 9.59 Å². The molecule has 0 aromatic heterocycles. The largest absolute Gasteiger partial charge is 0.378 e. The van der Waals surface area contributed by atoms with Gasteiger partial charge in [0, 0.05) is 26.2 Å². The van der Waals surface area contributed by atoms with E-state index in [0.717, 1.165) is 23.0 Å². The summed E-state index contributed by atoms with van der Waals surface area (Å²) in [7, 11) is 3.99. The average molecular weight is 436 g/mol. The molecule has 1 atom stereocenters. The van der Waals surface area contributed by atoms with Gasteiger partial charge in [-0.25, -0.2) is 4.90 Å². The van der Waals surface area contributed by atoms with Crippen molar-refractivity contribution in [1.82, 2.24) is 0 Å². The zero-order chi connectivity index (χ0) is 22.4. The van der Waals surface area contributed by atoms with Crippen LogP contribution in [0.5, 0.6) is 0 Å². The number of imide groups is 1. The molecule has 1 saturated heterocycles. The van der Waals surface area contributed by atoms with Gasteiger partial charge in [0.25, 0.3) is 0 Å². The SMILES string of the molecule is CC(/C=C/c1ccc(N(C)C)cc1)=N\N=C(/N)SC1CC(=O)N(c2ccccc2)C1=O. The normalized spacial score (nSPS) is 17.6. The molecule has 1 fully saturated rings. The first-order valence-electron chi connectivity index (χ1n) is 9.77. The third kappa shape index (κ3) is 5.82. The maximum absolute atomic E-state index is 12.6. The van der Waals surface area contributed by atoms with Crippen molar-refractivity contribution < 1.29 is 9.59 Å². The summed E-state index contributed by atoms with van der Waals surface area (Å²) in [4.78, 5) is 28.2. The van der Waals surface area contributed by atoms with Crippen molar-refractivity contribution in [3.05, 3.63) is 66.2 Å². The standard InChI is InChI=1S/C23H25N5O2S/c1-16(9-10-17-11-13-18(14-12-17)27(2)3)25-26-23(24)31-20-15-21(29)28(22(20)30)19-7-5-4-6-8-19/h4-14,20H,15H2,1-3H3,(H2,24,26)/b10-9+,25-16+. The highest BCUT2D eigenvalue weighted by Gasteiger charge is 2.40. The highest BCUT2D eigenvalue weighted by atomic mass is 32.2. The Bertz CT molecular complexity index is 1030. The number of benzene rings is 2. The van der Waals surface area contributed by atoms with E-state index in [4.69, 9.17) is 5.73 Å². The molecule has 0 bridgehead atoms. The molecule has 2 amide bonds. The summed E-state index contributed by atoms with van der Waals surface area (Å²) in [6.45, 7) is 1.81. The molecule has 2 aromatic carbocycles. The number of amidine groups is 1. The Morgan fingerprint density at radius 3 is 2.42 bits per heavy atom. The van der Waals surface area contributed by atoms with Crippen molar-refractivity contribution in [3.8, 4) is 0 Å². The van der Waals surface area contributed by atoms with E-state index in [1.807, 2.05) is 68.4 Å². The number of allylic oxidation sites excluding steroid dienone is 1. The zero-order valence-corrected chi connectivity index (χ0v) is 18.5. The van der Waals surface area contributed by atoms with Gasteiger partial charge in [-0.05, 0) is 42.8 Å². The quantitative estimate of drug-likeness (QED) is 0.324. The van der Waals surface area contributed by atoms with Crippen LogP contribution < -0.4 is 15.5 Å². The molecule has 2 aromatic rings. The Hall–Kier alpha value is -3.39. The van der Waals surface area contributed by atoms with Crippen LogP contribution in [0.4, 0.5) is 11.4 Å². The second-order valence-electron chi connectivity index (χ2n) is 7.21. The minimum Gasteiger partial charge on any atom is -0.378 e. The van der Waals surface area contributed by atoms with Crippen molar-refractivity contribution in [1.29, 1.82) is 0 Å². The molecule has 0 saturated carbocycles. The van der Waals surface area contributed by atoms with Gasteiger partial charge in [-0.3, -0.25) is 9.59 Å². The lowest BCUT2D eigenvalue weighted by atomic mass is 10.2. The number of anilines is 2. The summed E-state index contributed by atoms with van der Waals surface area (Å²) in [5.41, 5.74) is 9.34. The average Bonchev–Trinajstić information content (AvgIpc) is 3.04. The highest BCUT2D eigenvalue weighted by molar-refractivity contribution is 8.14. The molecule has 7 nitrogen and oxygen atoms in total. The van der Waals surface area contributed by atoms with E-state index in [9.17, 15) is 9.59 Å². The molecule has 0 radical (unpaired) electrons. The maximum Gasteiger partial charge on any atom is 0.247 e. The number of hydrogen-bond donors (Lipinski definition) is 1.